The molecular formula is C13H18N2O2. The molecule has 0 aromatic carbocycles. The summed E-state index contributed by atoms with van der Waals surface area (Å²) in [5, 5.41) is 0. The number of piperidine rings is 1. The van der Waals surface area contributed by atoms with E-state index < -0.39 is 0 Å². The van der Waals surface area contributed by atoms with Crippen LogP contribution in [0.15, 0.2) is 23.1 Å². The molecule has 1 amide bonds. The molecule has 1 fully saturated rings. The van der Waals surface area contributed by atoms with Crippen LogP contribution in [0.2, 0.25) is 0 Å². The van der Waals surface area contributed by atoms with E-state index in [1.165, 1.54) is 18.7 Å². The molecule has 0 bridgehead atoms. The van der Waals surface area contributed by atoms with E-state index >= 15 is 0 Å². The molecule has 4 heteroatoms. The summed E-state index contributed by atoms with van der Waals surface area (Å²) in [5.41, 5.74) is 0.382. The van der Waals surface area contributed by atoms with Crippen LogP contribution in [0.25, 0.3) is 0 Å². The number of nitrogens with zero attached hydrogens (tertiary/aromatic N) is 1. The maximum atomic E-state index is 12.3. The lowest BCUT2D eigenvalue weighted by Gasteiger charge is -2.37. The average molecular weight is 234 g/mol. The molecule has 1 aliphatic heterocycles. The molecule has 1 aromatic rings. The number of hydrogen-bond acceptors (Lipinski definition) is 2. The van der Waals surface area contributed by atoms with E-state index in [4.69, 9.17) is 0 Å². The average Bonchev–Trinajstić information content (AvgIpc) is 2.33. The SMILES string of the molecule is CC1CCCN(C(=O)c2ccc(=O)[nH]c2)C1C. The van der Waals surface area contributed by atoms with Crippen molar-refractivity contribution in [3.05, 3.63) is 34.2 Å². The van der Waals surface area contributed by atoms with E-state index in [9.17, 15) is 9.59 Å². The van der Waals surface area contributed by atoms with Crippen LogP contribution in [-0.4, -0.2) is 28.4 Å². The Morgan fingerprint density at radius 2 is 2.18 bits per heavy atom. The second-order valence-electron chi connectivity index (χ2n) is 4.80. The lowest BCUT2D eigenvalue weighted by atomic mass is 9.91. The van der Waals surface area contributed by atoms with E-state index in [2.05, 4.69) is 18.8 Å². The summed E-state index contributed by atoms with van der Waals surface area (Å²) in [5.74, 6) is 0.552. The highest BCUT2D eigenvalue weighted by atomic mass is 16.2. The summed E-state index contributed by atoms with van der Waals surface area (Å²) in [6.45, 7) is 5.08. The highest BCUT2D eigenvalue weighted by molar-refractivity contribution is 5.94. The van der Waals surface area contributed by atoms with Crippen molar-refractivity contribution in [3.63, 3.8) is 0 Å². The van der Waals surface area contributed by atoms with E-state index in [1.807, 2.05) is 4.90 Å². The Balaban J connectivity index is 2.19. The Morgan fingerprint density at radius 3 is 2.82 bits per heavy atom. The fourth-order valence-corrected chi connectivity index (χ4v) is 2.33. The van der Waals surface area contributed by atoms with Crippen LogP contribution in [-0.2, 0) is 0 Å². The smallest absolute Gasteiger partial charge is 0.255 e. The lowest BCUT2D eigenvalue weighted by Crippen LogP contribution is -2.46. The van der Waals surface area contributed by atoms with E-state index in [1.54, 1.807) is 6.07 Å². The number of nitrogens with one attached hydrogen (secondary N) is 1. The summed E-state index contributed by atoms with van der Waals surface area (Å²) < 4.78 is 0. The molecule has 0 aliphatic carbocycles. The molecule has 17 heavy (non-hydrogen) atoms. The van der Waals surface area contributed by atoms with Crippen LogP contribution in [0.4, 0.5) is 0 Å². The van der Waals surface area contributed by atoms with Crippen LogP contribution in [0.5, 0.6) is 0 Å². The van der Waals surface area contributed by atoms with E-state index in [0.717, 1.165) is 13.0 Å². The quantitative estimate of drug-likeness (QED) is 0.803. The Kier molecular flexibility index (Phi) is 3.31. The summed E-state index contributed by atoms with van der Waals surface area (Å²) in [4.78, 5) is 27.7. The first-order chi connectivity index (χ1) is 8.09. The van der Waals surface area contributed by atoms with Gasteiger partial charge in [0.05, 0.1) is 5.56 Å². The largest absolute Gasteiger partial charge is 0.336 e. The van der Waals surface area contributed by atoms with Gasteiger partial charge >= 0.3 is 0 Å². The number of carbonyl (C=O) groups is 1. The molecule has 1 aromatic heterocycles. The molecule has 0 spiro atoms. The number of carbonyl (C=O) groups excluding carboxylic acids is 1. The van der Waals surface area contributed by atoms with Crippen LogP contribution in [0.3, 0.4) is 0 Å². The van der Waals surface area contributed by atoms with Crippen molar-refractivity contribution in [1.82, 2.24) is 9.88 Å². The fourth-order valence-electron chi connectivity index (χ4n) is 2.33. The van der Waals surface area contributed by atoms with Crippen LogP contribution >= 0.6 is 0 Å². The van der Waals surface area contributed by atoms with E-state index in [0.29, 0.717) is 11.5 Å². The molecule has 4 nitrogen and oxygen atoms in total. The third kappa shape index (κ3) is 2.40. The number of likely N-dealkylation sites (tertiary alicyclic amines) is 1. The normalized spacial score (nSPS) is 24.7. The van der Waals surface area contributed by atoms with Crippen molar-refractivity contribution in [2.45, 2.75) is 32.7 Å². The van der Waals surface area contributed by atoms with Gasteiger partial charge in [-0.2, -0.15) is 0 Å². The number of aromatic amines is 1. The lowest BCUT2D eigenvalue weighted by molar-refractivity contribution is 0.0550. The second-order valence-corrected chi connectivity index (χ2v) is 4.80. The minimum absolute atomic E-state index is 0.0142. The van der Waals surface area contributed by atoms with Gasteiger partial charge in [-0.25, -0.2) is 0 Å². The standard InChI is InChI=1S/C13H18N2O2/c1-9-4-3-7-15(10(9)2)13(17)11-5-6-12(16)14-8-11/h5-6,8-10H,3-4,7H2,1-2H3,(H,14,16). The van der Waals surface area contributed by atoms with Crippen molar-refractivity contribution >= 4 is 5.91 Å². The third-order valence-corrected chi connectivity index (χ3v) is 3.67. The Hall–Kier alpha value is -1.58. The number of hydrogen-bond donors (Lipinski definition) is 1. The Labute approximate surface area is 101 Å². The van der Waals surface area contributed by atoms with Gasteiger partial charge in [0.15, 0.2) is 0 Å². The van der Waals surface area contributed by atoms with Crippen molar-refractivity contribution in [1.29, 1.82) is 0 Å². The van der Waals surface area contributed by atoms with Crippen molar-refractivity contribution in [2.24, 2.45) is 5.92 Å². The molecule has 2 rings (SSSR count). The summed E-state index contributed by atoms with van der Waals surface area (Å²) in [6.07, 6.45) is 3.73. The van der Waals surface area contributed by atoms with Gasteiger partial charge < -0.3 is 9.88 Å². The monoisotopic (exact) mass is 234 g/mol. The van der Waals surface area contributed by atoms with Gasteiger partial charge in [0, 0.05) is 24.8 Å². The number of aromatic nitrogens is 1. The van der Waals surface area contributed by atoms with Crippen LogP contribution in [0.1, 0.15) is 37.0 Å². The van der Waals surface area contributed by atoms with Crippen molar-refractivity contribution < 1.29 is 4.79 Å². The number of amides is 1. The minimum atomic E-state index is -0.179. The molecule has 0 radical (unpaired) electrons. The first kappa shape index (κ1) is 11.9. The van der Waals surface area contributed by atoms with Crippen LogP contribution in [0, 0.1) is 5.92 Å². The van der Waals surface area contributed by atoms with Gasteiger partial charge in [-0.1, -0.05) is 6.92 Å². The molecule has 2 heterocycles. The molecule has 0 saturated carbocycles. The predicted octanol–water partition coefficient (Wildman–Crippen LogP) is 1.64. The van der Waals surface area contributed by atoms with Gasteiger partial charge in [0.1, 0.15) is 0 Å². The van der Waals surface area contributed by atoms with Gasteiger partial charge in [-0.15, -0.1) is 0 Å². The highest BCUT2D eigenvalue weighted by Crippen LogP contribution is 2.24. The van der Waals surface area contributed by atoms with Gasteiger partial charge in [0.2, 0.25) is 5.56 Å². The van der Waals surface area contributed by atoms with Crippen molar-refractivity contribution in [3.8, 4) is 0 Å². The maximum absolute atomic E-state index is 12.3. The second kappa shape index (κ2) is 4.73. The zero-order valence-electron chi connectivity index (χ0n) is 10.3. The highest BCUT2D eigenvalue weighted by Gasteiger charge is 2.28. The van der Waals surface area contributed by atoms with E-state index in [-0.39, 0.29) is 17.5 Å². The van der Waals surface area contributed by atoms with Crippen LogP contribution < -0.4 is 5.56 Å². The first-order valence-corrected chi connectivity index (χ1v) is 6.09. The Bertz CT molecular complexity index is 446. The minimum Gasteiger partial charge on any atom is -0.336 e. The molecule has 1 aliphatic rings. The fraction of sp³-hybridized carbons (Fsp3) is 0.538. The molecule has 2 atom stereocenters. The number of pyridine rings is 1. The predicted molar refractivity (Wildman–Crippen MR) is 66.0 cm³/mol. The summed E-state index contributed by atoms with van der Waals surface area (Å²) in [7, 11) is 0. The number of H-pyrrole nitrogens is 1. The number of rotatable bonds is 1. The first-order valence-electron chi connectivity index (χ1n) is 6.09. The molecular weight excluding hydrogens is 216 g/mol. The topological polar surface area (TPSA) is 53.2 Å². The zero-order valence-corrected chi connectivity index (χ0v) is 10.3. The molecule has 1 N–H and O–H groups in total. The third-order valence-electron chi connectivity index (χ3n) is 3.67. The molecule has 2 unspecified atom stereocenters. The van der Waals surface area contributed by atoms with Gasteiger partial charge in [-0.3, -0.25) is 9.59 Å². The Morgan fingerprint density at radius 1 is 1.41 bits per heavy atom. The summed E-state index contributed by atoms with van der Waals surface area (Å²) >= 11 is 0. The van der Waals surface area contributed by atoms with Gasteiger partial charge in [0.25, 0.3) is 5.91 Å². The van der Waals surface area contributed by atoms with Gasteiger partial charge in [-0.05, 0) is 31.7 Å². The molecule has 92 valence electrons. The maximum Gasteiger partial charge on any atom is 0.255 e. The summed E-state index contributed by atoms with van der Waals surface area (Å²) in [6, 6.07) is 3.25. The van der Waals surface area contributed by atoms with Crippen molar-refractivity contribution in [2.75, 3.05) is 6.54 Å². The zero-order chi connectivity index (χ0) is 12.4. The molecule has 1 saturated heterocycles.